The van der Waals surface area contributed by atoms with Crippen LogP contribution in [0, 0.1) is 13.8 Å². The highest BCUT2D eigenvalue weighted by Gasteiger charge is 2.11. The van der Waals surface area contributed by atoms with Crippen LogP contribution in [0.3, 0.4) is 0 Å². The Morgan fingerprint density at radius 1 is 1.29 bits per heavy atom. The third-order valence-corrected chi connectivity index (χ3v) is 4.19. The maximum atomic E-state index is 11.8. The van der Waals surface area contributed by atoms with E-state index in [4.69, 9.17) is 11.6 Å². The van der Waals surface area contributed by atoms with E-state index in [0.717, 1.165) is 29.7 Å². The lowest BCUT2D eigenvalue weighted by Crippen LogP contribution is -2.21. The molecule has 0 bridgehead atoms. The van der Waals surface area contributed by atoms with Crippen molar-refractivity contribution in [2.45, 2.75) is 40.2 Å². The fraction of sp³-hybridized carbons (Fsp3) is 0.368. The average molecular weight is 346 g/mol. The van der Waals surface area contributed by atoms with E-state index in [1.807, 2.05) is 6.92 Å². The molecule has 24 heavy (non-hydrogen) atoms. The molecule has 2 aromatic rings. The van der Waals surface area contributed by atoms with E-state index in [2.05, 4.69) is 48.5 Å². The fourth-order valence-electron chi connectivity index (χ4n) is 2.33. The van der Waals surface area contributed by atoms with Crippen LogP contribution in [0.5, 0.6) is 0 Å². The summed E-state index contributed by atoms with van der Waals surface area (Å²) in [6.07, 6.45) is 5.29. The number of aromatic nitrogens is 2. The minimum Gasteiger partial charge on any atom is -0.353 e. The Morgan fingerprint density at radius 2 is 2.00 bits per heavy atom. The van der Waals surface area contributed by atoms with Crippen molar-refractivity contribution in [2.24, 2.45) is 0 Å². The summed E-state index contributed by atoms with van der Waals surface area (Å²) in [5, 5.41) is 7.88. The monoisotopic (exact) mass is 345 g/mol. The van der Waals surface area contributed by atoms with Gasteiger partial charge in [0.2, 0.25) is 5.91 Å². The van der Waals surface area contributed by atoms with Crippen molar-refractivity contribution >= 4 is 23.6 Å². The Kier molecular flexibility index (Phi) is 6.62. The van der Waals surface area contributed by atoms with Crippen molar-refractivity contribution in [1.82, 2.24) is 15.1 Å². The molecule has 1 aromatic heterocycles. The van der Waals surface area contributed by atoms with Gasteiger partial charge in [0.05, 0.1) is 12.2 Å². The first kappa shape index (κ1) is 18.3. The zero-order valence-corrected chi connectivity index (χ0v) is 15.2. The summed E-state index contributed by atoms with van der Waals surface area (Å²) in [6.45, 7) is 7.35. The van der Waals surface area contributed by atoms with Gasteiger partial charge in [-0.3, -0.25) is 4.79 Å². The highest BCUT2D eigenvalue weighted by molar-refractivity contribution is 6.31. The number of hydrogen-bond acceptors (Lipinski definition) is 2. The molecular weight excluding hydrogens is 322 g/mol. The van der Waals surface area contributed by atoms with E-state index in [0.29, 0.717) is 18.2 Å². The Balaban J connectivity index is 2.08. The minimum absolute atomic E-state index is 0.106. The predicted octanol–water partition coefficient (Wildman–Crippen LogP) is 4.13. The number of carbonyl (C=O) groups excluding carboxylic acids is 1. The van der Waals surface area contributed by atoms with Gasteiger partial charge in [0, 0.05) is 18.2 Å². The van der Waals surface area contributed by atoms with E-state index in [-0.39, 0.29) is 5.91 Å². The molecule has 1 amide bonds. The van der Waals surface area contributed by atoms with E-state index < -0.39 is 0 Å². The zero-order valence-electron chi connectivity index (χ0n) is 14.5. The van der Waals surface area contributed by atoms with Gasteiger partial charge in [-0.1, -0.05) is 54.8 Å². The lowest BCUT2D eigenvalue weighted by atomic mass is 10.1. The molecule has 1 aromatic carbocycles. The summed E-state index contributed by atoms with van der Waals surface area (Å²) < 4.78 is 1.76. The first-order chi connectivity index (χ1) is 11.5. The number of rotatable bonds is 7. The molecule has 0 fully saturated rings. The van der Waals surface area contributed by atoms with Gasteiger partial charge < -0.3 is 5.32 Å². The van der Waals surface area contributed by atoms with Gasteiger partial charge in [-0.2, -0.15) is 5.10 Å². The standard InChI is InChI=1S/C19H24ClN3O/c1-4-5-12-21-18(24)11-10-17-15(3)22-23(19(17)20)13-16-8-6-14(2)7-9-16/h6-11H,4-5,12-13H2,1-3H3,(H,21,24)/b11-10+. The van der Waals surface area contributed by atoms with Crippen LogP contribution in [0.15, 0.2) is 30.3 Å². The van der Waals surface area contributed by atoms with Crippen LogP contribution < -0.4 is 5.32 Å². The van der Waals surface area contributed by atoms with Crippen molar-refractivity contribution in [3.05, 3.63) is 57.9 Å². The van der Waals surface area contributed by atoms with Crippen LogP contribution in [0.4, 0.5) is 0 Å². The summed E-state index contributed by atoms with van der Waals surface area (Å²) in [5.41, 5.74) is 3.95. The molecule has 0 radical (unpaired) electrons. The van der Waals surface area contributed by atoms with Crippen LogP contribution in [0.2, 0.25) is 5.15 Å². The number of nitrogens with zero attached hydrogens (tertiary/aromatic N) is 2. The maximum Gasteiger partial charge on any atom is 0.244 e. The SMILES string of the molecule is CCCCNC(=O)/C=C/c1c(C)nn(Cc2ccc(C)cc2)c1Cl. The number of aryl methyl sites for hydroxylation is 2. The Bertz CT molecular complexity index is 717. The zero-order chi connectivity index (χ0) is 17.5. The van der Waals surface area contributed by atoms with Gasteiger partial charge in [0.15, 0.2) is 0 Å². The largest absolute Gasteiger partial charge is 0.353 e. The Labute approximate surface area is 148 Å². The summed E-state index contributed by atoms with van der Waals surface area (Å²) in [7, 11) is 0. The molecule has 4 nitrogen and oxygen atoms in total. The number of hydrogen-bond donors (Lipinski definition) is 1. The number of halogens is 1. The highest BCUT2D eigenvalue weighted by Crippen LogP contribution is 2.22. The summed E-state index contributed by atoms with van der Waals surface area (Å²) >= 11 is 6.44. The molecule has 1 N–H and O–H groups in total. The van der Waals surface area contributed by atoms with Crippen molar-refractivity contribution in [1.29, 1.82) is 0 Å². The first-order valence-corrected chi connectivity index (χ1v) is 8.63. The smallest absolute Gasteiger partial charge is 0.244 e. The lowest BCUT2D eigenvalue weighted by molar-refractivity contribution is -0.116. The molecule has 0 saturated carbocycles. The number of unbranched alkanes of at least 4 members (excludes halogenated alkanes) is 1. The molecule has 0 aliphatic carbocycles. The molecule has 0 aliphatic heterocycles. The minimum atomic E-state index is -0.106. The van der Waals surface area contributed by atoms with E-state index >= 15 is 0 Å². The Hall–Kier alpha value is -2.07. The molecule has 0 spiro atoms. The summed E-state index contributed by atoms with van der Waals surface area (Å²) in [6, 6.07) is 8.28. The fourth-order valence-corrected chi connectivity index (χ4v) is 2.63. The lowest BCUT2D eigenvalue weighted by Gasteiger charge is -2.04. The summed E-state index contributed by atoms with van der Waals surface area (Å²) in [5.74, 6) is -0.106. The van der Waals surface area contributed by atoms with Crippen molar-refractivity contribution < 1.29 is 4.79 Å². The van der Waals surface area contributed by atoms with Crippen molar-refractivity contribution in [3.8, 4) is 0 Å². The molecule has 0 saturated heterocycles. The van der Waals surface area contributed by atoms with Crippen molar-refractivity contribution in [3.63, 3.8) is 0 Å². The highest BCUT2D eigenvalue weighted by atomic mass is 35.5. The molecule has 0 atom stereocenters. The number of carbonyl (C=O) groups is 1. The van der Waals surface area contributed by atoms with Gasteiger partial charge in [-0.15, -0.1) is 0 Å². The second kappa shape index (κ2) is 8.69. The second-order valence-corrected chi connectivity index (χ2v) is 6.27. The molecule has 1 heterocycles. The van der Waals surface area contributed by atoms with Crippen LogP contribution in [0.1, 0.15) is 42.1 Å². The van der Waals surface area contributed by atoms with Gasteiger partial charge in [0.25, 0.3) is 0 Å². The van der Waals surface area contributed by atoms with Gasteiger partial charge in [0.1, 0.15) is 5.15 Å². The molecular formula is C19H24ClN3O. The topological polar surface area (TPSA) is 46.9 Å². The van der Waals surface area contributed by atoms with Gasteiger partial charge in [-0.05, 0) is 31.9 Å². The molecule has 5 heteroatoms. The van der Waals surface area contributed by atoms with Crippen LogP contribution in [-0.4, -0.2) is 22.2 Å². The normalized spacial score (nSPS) is 11.2. The van der Waals surface area contributed by atoms with E-state index in [1.165, 1.54) is 11.6 Å². The molecule has 2 rings (SSSR count). The predicted molar refractivity (Wildman–Crippen MR) is 99.2 cm³/mol. The van der Waals surface area contributed by atoms with Crippen LogP contribution in [-0.2, 0) is 11.3 Å². The van der Waals surface area contributed by atoms with Crippen LogP contribution >= 0.6 is 11.6 Å². The van der Waals surface area contributed by atoms with Gasteiger partial charge in [-0.25, -0.2) is 4.68 Å². The molecule has 128 valence electrons. The third kappa shape index (κ3) is 4.96. The number of amides is 1. The Morgan fingerprint density at radius 3 is 2.67 bits per heavy atom. The third-order valence-electron chi connectivity index (χ3n) is 3.79. The quantitative estimate of drug-likeness (QED) is 0.605. The van der Waals surface area contributed by atoms with E-state index in [1.54, 1.807) is 10.8 Å². The molecule has 0 unspecified atom stereocenters. The van der Waals surface area contributed by atoms with Crippen molar-refractivity contribution in [2.75, 3.05) is 6.54 Å². The van der Waals surface area contributed by atoms with E-state index in [9.17, 15) is 4.79 Å². The number of nitrogens with one attached hydrogen (secondary N) is 1. The van der Waals surface area contributed by atoms with Gasteiger partial charge >= 0.3 is 0 Å². The summed E-state index contributed by atoms with van der Waals surface area (Å²) in [4.78, 5) is 11.8. The maximum absolute atomic E-state index is 11.8. The first-order valence-electron chi connectivity index (χ1n) is 8.25. The number of benzene rings is 1. The van der Waals surface area contributed by atoms with Crippen LogP contribution in [0.25, 0.3) is 6.08 Å². The second-order valence-electron chi connectivity index (χ2n) is 5.91. The average Bonchev–Trinajstić information content (AvgIpc) is 2.82. The molecule has 0 aliphatic rings.